The molecule has 42 heavy (non-hydrogen) atoms. The van der Waals surface area contributed by atoms with Gasteiger partial charge in [0.1, 0.15) is 17.8 Å². The van der Waals surface area contributed by atoms with Crippen LogP contribution in [0.5, 0.6) is 0 Å². The lowest BCUT2D eigenvalue weighted by atomic mass is 9.45. The fourth-order valence-corrected chi connectivity index (χ4v) is 7.89. The van der Waals surface area contributed by atoms with Crippen LogP contribution in [-0.2, 0) is 33.3 Å². The van der Waals surface area contributed by atoms with Gasteiger partial charge in [0.25, 0.3) is 0 Å². The van der Waals surface area contributed by atoms with Gasteiger partial charge < -0.3 is 34.3 Å². The molecule has 0 spiro atoms. The average Bonchev–Trinajstić information content (AvgIpc) is 2.90. The van der Waals surface area contributed by atoms with Crippen LogP contribution in [0.25, 0.3) is 0 Å². The summed E-state index contributed by atoms with van der Waals surface area (Å²) in [7, 11) is 0. The summed E-state index contributed by atoms with van der Waals surface area (Å²) < 4.78 is 23.4. The largest absolute Gasteiger partial charge is 0.455 e. The second kappa shape index (κ2) is 9.97. The lowest BCUT2D eigenvalue weighted by Crippen LogP contribution is -2.81. The Morgan fingerprint density at radius 1 is 1.02 bits per heavy atom. The first-order valence-electron chi connectivity index (χ1n) is 14.2. The Balaban J connectivity index is 1.86. The molecule has 1 heterocycles. The van der Waals surface area contributed by atoms with Crippen LogP contribution in [0.4, 0.5) is 0 Å². The average molecular weight is 587 g/mol. The number of esters is 3. The minimum atomic E-state index is -2.11. The van der Waals surface area contributed by atoms with E-state index in [-0.39, 0.29) is 30.6 Å². The highest BCUT2D eigenvalue weighted by Gasteiger charge is 2.77. The summed E-state index contributed by atoms with van der Waals surface area (Å²) >= 11 is 0. The molecular weight excluding hydrogens is 548 g/mol. The number of carbonyl (C=O) groups excluding carboxylic acids is 4. The molecule has 228 valence electrons. The van der Waals surface area contributed by atoms with Crippen LogP contribution in [-0.4, -0.2) is 81.2 Å². The summed E-state index contributed by atoms with van der Waals surface area (Å²) in [5, 5.41) is 35.8. The molecule has 11 heteroatoms. The van der Waals surface area contributed by atoms with E-state index in [0.717, 1.165) is 6.92 Å². The molecule has 11 nitrogen and oxygen atoms in total. The third kappa shape index (κ3) is 4.08. The quantitative estimate of drug-likeness (QED) is 0.348. The van der Waals surface area contributed by atoms with Crippen molar-refractivity contribution < 1.29 is 53.4 Å². The number of fused-ring (bicyclic) bond motifs is 5. The molecule has 1 aromatic carbocycles. The molecule has 4 aliphatic rings. The first-order valence-corrected chi connectivity index (χ1v) is 14.2. The Morgan fingerprint density at radius 3 is 2.21 bits per heavy atom. The van der Waals surface area contributed by atoms with E-state index in [4.69, 9.17) is 18.9 Å². The molecule has 0 amide bonds. The van der Waals surface area contributed by atoms with Gasteiger partial charge >= 0.3 is 17.9 Å². The van der Waals surface area contributed by atoms with Crippen molar-refractivity contribution in [3.8, 4) is 0 Å². The molecule has 9 atom stereocenters. The summed E-state index contributed by atoms with van der Waals surface area (Å²) in [6.45, 7) is 8.45. The highest BCUT2D eigenvalue weighted by atomic mass is 16.6. The molecule has 1 aromatic rings. The van der Waals surface area contributed by atoms with Crippen LogP contribution in [0.1, 0.15) is 64.7 Å². The van der Waals surface area contributed by atoms with E-state index < -0.39 is 87.7 Å². The molecule has 0 aromatic heterocycles. The zero-order chi connectivity index (χ0) is 31.0. The number of ketones is 1. The van der Waals surface area contributed by atoms with Gasteiger partial charge in [0.2, 0.25) is 5.78 Å². The van der Waals surface area contributed by atoms with Crippen molar-refractivity contribution in [3.05, 3.63) is 47.2 Å². The molecule has 3 aliphatic carbocycles. The second-order valence-corrected chi connectivity index (χ2v) is 12.8. The summed E-state index contributed by atoms with van der Waals surface area (Å²) in [5.41, 5.74) is -6.73. The van der Waals surface area contributed by atoms with Crippen molar-refractivity contribution in [3.63, 3.8) is 0 Å². The van der Waals surface area contributed by atoms with Crippen LogP contribution in [0, 0.1) is 22.7 Å². The van der Waals surface area contributed by atoms with Crippen molar-refractivity contribution in [2.45, 2.75) is 90.0 Å². The standard InChI is InChI=1S/C31H38O11/c1-15-19(34)13-31(38)26(41-27(37)18-10-8-7-9-11-18)24-29(6,20(35)12-21-30(24,14-39-21)42-17(3)33)25(36)23(40-16(2)32)22(15)28(31,4)5/h7-11,15,19-21,24,26,34-35,38H,12-14H2,1-6H3/t15?,19-,20-,21+,24?,26-,29+,30-,31+/m0/s1. The van der Waals surface area contributed by atoms with Gasteiger partial charge in [-0.2, -0.15) is 0 Å². The number of ether oxygens (including phenoxy) is 4. The highest BCUT2D eigenvalue weighted by Crippen LogP contribution is 2.64. The maximum Gasteiger partial charge on any atom is 0.338 e. The fraction of sp³-hybridized carbons (Fsp3) is 0.613. The number of hydrogen-bond donors (Lipinski definition) is 3. The van der Waals surface area contributed by atoms with Crippen molar-refractivity contribution in [1.82, 2.24) is 0 Å². The van der Waals surface area contributed by atoms with Crippen molar-refractivity contribution in [2.24, 2.45) is 22.7 Å². The maximum absolute atomic E-state index is 14.8. The first-order chi connectivity index (χ1) is 19.5. The van der Waals surface area contributed by atoms with Crippen LogP contribution < -0.4 is 0 Å². The molecule has 1 saturated heterocycles. The molecule has 1 aliphatic heterocycles. The van der Waals surface area contributed by atoms with Crippen LogP contribution in [0.15, 0.2) is 41.7 Å². The Hall–Kier alpha value is -3.12. The van der Waals surface area contributed by atoms with Gasteiger partial charge in [-0.1, -0.05) is 39.0 Å². The van der Waals surface area contributed by atoms with E-state index in [2.05, 4.69) is 0 Å². The maximum atomic E-state index is 14.8. The number of benzene rings is 1. The number of aliphatic hydroxyl groups excluding tert-OH is 2. The number of carbonyl (C=O) groups is 4. The highest BCUT2D eigenvalue weighted by molar-refractivity contribution is 6.02. The van der Waals surface area contributed by atoms with E-state index >= 15 is 0 Å². The normalized spacial score (nSPS) is 40.4. The van der Waals surface area contributed by atoms with Crippen molar-refractivity contribution >= 4 is 23.7 Å². The number of allylic oxidation sites excluding steroid dienone is 1. The number of hydrogen-bond acceptors (Lipinski definition) is 11. The molecule has 5 rings (SSSR count). The predicted molar refractivity (Wildman–Crippen MR) is 144 cm³/mol. The van der Waals surface area contributed by atoms with Crippen LogP contribution >= 0.6 is 0 Å². The SMILES string of the molecule is CC(=O)OC1=C2C(C)[C@@H](O)C[C@@](O)([C@@H](OC(=O)c3ccccc3)C3[C@](C)(C1=O)[C@@H](O)C[C@H]1OC[C@@]31OC(C)=O)C2(C)C. The number of Topliss-reactive ketones (excluding diaryl/α,β-unsaturated/α-hetero) is 1. The molecule has 2 saturated carbocycles. The number of rotatable bonds is 4. The monoisotopic (exact) mass is 586 g/mol. The molecule has 0 radical (unpaired) electrons. The summed E-state index contributed by atoms with van der Waals surface area (Å²) in [5.74, 6) is -5.67. The van der Waals surface area contributed by atoms with Crippen LogP contribution in [0.3, 0.4) is 0 Å². The lowest BCUT2D eigenvalue weighted by Gasteiger charge is -2.67. The zero-order valence-corrected chi connectivity index (χ0v) is 24.6. The first kappa shape index (κ1) is 30.3. The van der Waals surface area contributed by atoms with E-state index in [1.165, 1.54) is 26.0 Å². The van der Waals surface area contributed by atoms with Gasteiger partial charge in [0, 0.05) is 38.0 Å². The molecular formula is C31H38O11. The molecule has 3 N–H and O–H groups in total. The van der Waals surface area contributed by atoms with Gasteiger partial charge in [0.05, 0.1) is 35.7 Å². The topological polar surface area (TPSA) is 166 Å². The smallest absolute Gasteiger partial charge is 0.338 e. The predicted octanol–water partition coefficient (Wildman–Crippen LogP) is 1.86. The molecule has 2 unspecified atom stereocenters. The summed E-state index contributed by atoms with van der Waals surface area (Å²) in [6, 6.07) is 8.05. The minimum Gasteiger partial charge on any atom is -0.455 e. The third-order valence-electron chi connectivity index (χ3n) is 10.2. The van der Waals surface area contributed by atoms with Crippen molar-refractivity contribution in [2.75, 3.05) is 6.61 Å². The van der Waals surface area contributed by atoms with E-state index in [1.807, 2.05) is 0 Å². The van der Waals surface area contributed by atoms with Gasteiger partial charge in [-0.25, -0.2) is 4.79 Å². The molecule has 3 fully saturated rings. The molecule has 2 bridgehead atoms. The van der Waals surface area contributed by atoms with Crippen molar-refractivity contribution in [1.29, 1.82) is 0 Å². The Morgan fingerprint density at radius 2 is 1.67 bits per heavy atom. The van der Waals surface area contributed by atoms with Gasteiger partial charge in [-0.15, -0.1) is 0 Å². The van der Waals surface area contributed by atoms with Gasteiger partial charge in [0.15, 0.2) is 11.4 Å². The van der Waals surface area contributed by atoms with E-state index in [1.54, 1.807) is 39.0 Å². The van der Waals surface area contributed by atoms with Crippen LogP contribution in [0.2, 0.25) is 0 Å². The van der Waals surface area contributed by atoms with Gasteiger partial charge in [-0.05, 0) is 24.6 Å². The Bertz CT molecular complexity index is 1350. The van der Waals surface area contributed by atoms with E-state index in [0.29, 0.717) is 0 Å². The lowest BCUT2D eigenvalue weighted by molar-refractivity contribution is -0.345. The Labute approximate surface area is 243 Å². The second-order valence-electron chi connectivity index (χ2n) is 12.8. The zero-order valence-electron chi connectivity index (χ0n) is 24.6. The van der Waals surface area contributed by atoms with E-state index in [9.17, 15) is 34.5 Å². The summed E-state index contributed by atoms with van der Waals surface area (Å²) in [6.07, 6.45) is -5.61. The summed E-state index contributed by atoms with van der Waals surface area (Å²) in [4.78, 5) is 53.4. The van der Waals surface area contributed by atoms with Gasteiger partial charge in [-0.3, -0.25) is 14.4 Å². The fourth-order valence-electron chi connectivity index (χ4n) is 7.89. The Kier molecular flexibility index (Phi) is 7.20. The minimum absolute atomic E-state index is 0.117. The number of aliphatic hydroxyl groups is 3. The third-order valence-corrected chi connectivity index (χ3v) is 10.2.